The van der Waals surface area contributed by atoms with E-state index in [-0.39, 0.29) is 17.7 Å². The standard InChI is InChI=1S/C18H16ClN3O2/c1-12(15-9-10-20-11-21-15)22(2)18(23)17-8-7-16(24-17)13-5-3-4-6-14(13)19/h3-12H,1-2H3/t12-/m0/s1. The normalized spacial score (nSPS) is 12.0. The smallest absolute Gasteiger partial charge is 0.289 e. The molecule has 0 spiro atoms. The van der Waals surface area contributed by atoms with Crippen LogP contribution in [-0.4, -0.2) is 27.8 Å². The first-order chi connectivity index (χ1) is 11.6. The Morgan fingerprint density at radius 2 is 2.00 bits per heavy atom. The second-order valence-corrected chi connectivity index (χ2v) is 5.78. The number of carbonyl (C=O) groups excluding carboxylic acids is 1. The monoisotopic (exact) mass is 341 g/mol. The summed E-state index contributed by atoms with van der Waals surface area (Å²) in [5.74, 6) is 0.597. The molecule has 5 nitrogen and oxygen atoms in total. The molecule has 0 fully saturated rings. The predicted octanol–water partition coefficient (Wildman–Crippen LogP) is 4.22. The molecule has 0 bridgehead atoms. The maximum Gasteiger partial charge on any atom is 0.289 e. The van der Waals surface area contributed by atoms with Gasteiger partial charge >= 0.3 is 0 Å². The van der Waals surface area contributed by atoms with Gasteiger partial charge in [0.2, 0.25) is 0 Å². The van der Waals surface area contributed by atoms with Crippen molar-refractivity contribution in [3.05, 3.63) is 71.5 Å². The Morgan fingerprint density at radius 1 is 1.21 bits per heavy atom. The van der Waals surface area contributed by atoms with Gasteiger partial charge in [-0.05, 0) is 37.3 Å². The lowest BCUT2D eigenvalue weighted by atomic mass is 10.2. The Kier molecular flexibility index (Phi) is 4.62. The number of halogens is 1. The fourth-order valence-corrected chi connectivity index (χ4v) is 2.58. The summed E-state index contributed by atoms with van der Waals surface area (Å²) < 4.78 is 5.71. The fourth-order valence-electron chi connectivity index (χ4n) is 2.35. The van der Waals surface area contributed by atoms with Crippen LogP contribution >= 0.6 is 11.6 Å². The topological polar surface area (TPSA) is 59.2 Å². The molecule has 0 saturated heterocycles. The highest BCUT2D eigenvalue weighted by Crippen LogP contribution is 2.30. The Bertz CT molecular complexity index is 848. The molecule has 3 aromatic rings. The largest absolute Gasteiger partial charge is 0.451 e. The molecule has 0 aliphatic rings. The highest BCUT2D eigenvalue weighted by molar-refractivity contribution is 6.33. The van der Waals surface area contributed by atoms with E-state index in [2.05, 4.69) is 9.97 Å². The van der Waals surface area contributed by atoms with Crippen LogP contribution in [0.25, 0.3) is 11.3 Å². The van der Waals surface area contributed by atoms with Crippen molar-refractivity contribution >= 4 is 17.5 Å². The Labute approximate surface area is 144 Å². The van der Waals surface area contributed by atoms with Crippen molar-refractivity contribution in [3.8, 4) is 11.3 Å². The van der Waals surface area contributed by atoms with E-state index in [0.717, 1.165) is 11.3 Å². The van der Waals surface area contributed by atoms with Crippen LogP contribution in [0.5, 0.6) is 0 Å². The summed E-state index contributed by atoms with van der Waals surface area (Å²) >= 11 is 6.17. The summed E-state index contributed by atoms with van der Waals surface area (Å²) in [6, 6.07) is 12.3. The van der Waals surface area contributed by atoms with Gasteiger partial charge in [-0.15, -0.1) is 0 Å². The molecule has 122 valence electrons. The van der Waals surface area contributed by atoms with Crippen LogP contribution in [0.4, 0.5) is 0 Å². The van der Waals surface area contributed by atoms with Crippen LogP contribution in [0.15, 0.2) is 59.4 Å². The van der Waals surface area contributed by atoms with Gasteiger partial charge in [0.1, 0.15) is 12.1 Å². The van der Waals surface area contributed by atoms with E-state index < -0.39 is 0 Å². The van der Waals surface area contributed by atoms with Crippen molar-refractivity contribution in [3.63, 3.8) is 0 Å². The maximum atomic E-state index is 12.6. The maximum absolute atomic E-state index is 12.6. The van der Waals surface area contributed by atoms with Crippen LogP contribution in [0, 0.1) is 0 Å². The molecule has 1 amide bonds. The molecule has 0 aliphatic carbocycles. The second kappa shape index (κ2) is 6.84. The summed E-state index contributed by atoms with van der Waals surface area (Å²) in [7, 11) is 1.72. The van der Waals surface area contributed by atoms with Gasteiger partial charge in [0.15, 0.2) is 5.76 Å². The van der Waals surface area contributed by atoms with E-state index in [1.165, 1.54) is 6.33 Å². The molecule has 0 unspecified atom stereocenters. The molecule has 1 aromatic carbocycles. The van der Waals surface area contributed by atoms with E-state index in [0.29, 0.717) is 10.8 Å². The zero-order valence-corrected chi connectivity index (χ0v) is 14.1. The minimum Gasteiger partial charge on any atom is -0.451 e. The highest BCUT2D eigenvalue weighted by atomic mass is 35.5. The lowest BCUT2D eigenvalue weighted by molar-refractivity contribution is 0.0708. The predicted molar refractivity (Wildman–Crippen MR) is 91.7 cm³/mol. The molecule has 2 heterocycles. The summed E-state index contributed by atoms with van der Waals surface area (Å²) in [6.07, 6.45) is 3.12. The van der Waals surface area contributed by atoms with E-state index >= 15 is 0 Å². The number of aromatic nitrogens is 2. The van der Waals surface area contributed by atoms with Gasteiger partial charge in [-0.3, -0.25) is 4.79 Å². The number of hydrogen-bond acceptors (Lipinski definition) is 4. The third-order valence-electron chi connectivity index (χ3n) is 3.89. The number of carbonyl (C=O) groups is 1. The number of benzene rings is 1. The molecule has 0 aliphatic heterocycles. The molecule has 3 rings (SSSR count). The summed E-state index contributed by atoms with van der Waals surface area (Å²) in [5.41, 5.74) is 1.52. The first-order valence-electron chi connectivity index (χ1n) is 7.45. The van der Waals surface area contributed by atoms with Crippen molar-refractivity contribution in [2.24, 2.45) is 0 Å². The van der Waals surface area contributed by atoms with Crippen LogP contribution in [0.1, 0.15) is 29.2 Å². The van der Waals surface area contributed by atoms with E-state index in [1.807, 2.05) is 25.1 Å². The number of rotatable bonds is 4. The summed E-state index contributed by atoms with van der Waals surface area (Å²) in [4.78, 5) is 22.3. The van der Waals surface area contributed by atoms with Crippen molar-refractivity contribution < 1.29 is 9.21 Å². The zero-order valence-electron chi connectivity index (χ0n) is 13.3. The van der Waals surface area contributed by atoms with Crippen molar-refractivity contribution in [1.29, 1.82) is 0 Å². The average Bonchev–Trinajstić information content (AvgIpc) is 3.11. The van der Waals surface area contributed by atoms with Gasteiger partial charge in [0.25, 0.3) is 5.91 Å². The van der Waals surface area contributed by atoms with Crippen LogP contribution < -0.4 is 0 Å². The fraction of sp³-hybridized carbons (Fsp3) is 0.167. The lowest BCUT2D eigenvalue weighted by Crippen LogP contribution is -2.29. The van der Waals surface area contributed by atoms with Crippen LogP contribution in [0.3, 0.4) is 0 Å². The van der Waals surface area contributed by atoms with Crippen molar-refractivity contribution in [2.45, 2.75) is 13.0 Å². The first-order valence-corrected chi connectivity index (χ1v) is 7.83. The van der Waals surface area contributed by atoms with Crippen LogP contribution in [-0.2, 0) is 0 Å². The molecule has 1 atom stereocenters. The molecular formula is C18H16ClN3O2. The molecular weight excluding hydrogens is 326 g/mol. The molecule has 0 radical (unpaired) electrons. The van der Waals surface area contributed by atoms with Gasteiger partial charge < -0.3 is 9.32 Å². The first kappa shape index (κ1) is 16.2. The number of amides is 1. The third kappa shape index (κ3) is 3.16. The van der Waals surface area contributed by atoms with Gasteiger partial charge in [-0.25, -0.2) is 9.97 Å². The number of nitrogens with zero attached hydrogens (tertiary/aromatic N) is 3. The lowest BCUT2D eigenvalue weighted by Gasteiger charge is -2.23. The van der Waals surface area contributed by atoms with Crippen molar-refractivity contribution in [2.75, 3.05) is 7.05 Å². The van der Waals surface area contributed by atoms with Gasteiger partial charge in [-0.2, -0.15) is 0 Å². The molecule has 0 N–H and O–H groups in total. The SMILES string of the molecule is C[C@@H](c1ccncn1)N(C)C(=O)c1ccc(-c2ccccc2Cl)o1. The minimum absolute atomic E-state index is 0.200. The zero-order chi connectivity index (χ0) is 17.1. The third-order valence-corrected chi connectivity index (χ3v) is 4.22. The second-order valence-electron chi connectivity index (χ2n) is 5.37. The Balaban J connectivity index is 1.82. The Hall–Kier alpha value is -2.66. The minimum atomic E-state index is -0.223. The van der Waals surface area contributed by atoms with Crippen molar-refractivity contribution in [1.82, 2.24) is 14.9 Å². The Morgan fingerprint density at radius 3 is 2.71 bits per heavy atom. The van der Waals surface area contributed by atoms with Crippen LogP contribution in [0.2, 0.25) is 5.02 Å². The summed E-state index contributed by atoms with van der Waals surface area (Å²) in [5, 5.41) is 0.577. The van der Waals surface area contributed by atoms with E-state index in [9.17, 15) is 4.79 Å². The highest BCUT2D eigenvalue weighted by Gasteiger charge is 2.23. The van der Waals surface area contributed by atoms with Gasteiger partial charge in [-0.1, -0.05) is 23.7 Å². The average molecular weight is 342 g/mol. The molecule has 24 heavy (non-hydrogen) atoms. The number of furan rings is 1. The molecule has 0 saturated carbocycles. The molecule has 2 aromatic heterocycles. The van der Waals surface area contributed by atoms with E-state index in [4.69, 9.17) is 16.0 Å². The number of hydrogen-bond donors (Lipinski definition) is 0. The van der Waals surface area contributed by atoms with Gasteiger partial charge in [0.05, 0.1) is 16.8 Å². The van der Waals surface area contributed by atoms with Gasteiger partial charge in [0, 0.05) is 18.8 Å². The van der Waals surface area contributed by atoms with E-state index in [1.54, 1.807) is 42.4 Å². The summed E-state index contributed by atoms with van der Waals surface area (Å²) in [6.45, 7) is 1.90. The molecule has 6 heteroatoms. The quantitative estimate of drug-likeness (QED) is 0.712.